The van der Waals surface area contributed by atoms with Gasteiger partial charge in [0.1, 0.15) is 0 Å². The summed E-state index contributed by atoms with van der Waals surface area (Å²) in [5, 5.41) is 3.38. The predicted octanol–water partition coefficient (Wildman–Crippen LogP) is 1.49. The fraction of sp³-hybridized carbons (Fsp3) is 1.00. The monoisotopic (exact) mass is 226 g/mol. The number of hydrogen-bond acceptors (Lipinski definition) is 3. The molecule has 0 aromatic heterocycles. The number of piperazine rings is 1. The second-order valence-electron chi connectivity index (χ2n) is 5.26. The Hall–Kier alpha value is -0.120. The third kappa shape index (κ3) is 3.72. The third-order valence-corrected chi connectivity index (χ3v) is 3.98. The maximum atomic E-state index is 6.04. The minimum absolute atomic E-state index is 0.539. The maximum Gasteiger partial charge on any atom is 0.0601 e. The van der Waals surface area contributed by atoms with E-state index < -0.39 is 0 Å². The summed E-state index contributed by atoms with van der Waals surface area (Å²) in [7, 11) is 0. The molecule has 0 bridgehead atoms. The molecule has 2 aliphatic rings. The van der Waals surface area contributed by atoms with Crippen LogP contribution in [0.2, 0.25) is 0 Å². The molecule has 0 amide bonds. The van der Waals surface area contributed by atoms with Crippen molar-refractivity contribution in [2.75, 3.05) is 39.3 Å². The summed E-state index contributed by atoms with van der Waals surface area (Å²) in [6.07, 6.45) is 5.94. The van der Waals surface area contributed by atoms with Crippen LogP contribution in [0.25, 0.3) is 0 Å². The largest absolute Gasteiger partial charge is 0.377 e. The molecule has 2 unspecified atom stereocenters. The molecule has 1 aliphatic heterocycles. The number of rotatable bonds is 4. The molecule has 0 spiro atoms. The summed E-state index contributed by atoms with van der Waals surface area (Å²) in [6.45, 7) is 9.03. The van der Waals surface area contributed by atoms with Crippen LogP contribution in [0.5, 0.6) is 0 Å². The number of ether oxygens (including phenoxy) is 1. The zero-order chi connectivity index (χ0) is 11.2. The lowest BCUT2D eigenvalue weighted by Gasteiger charge is -2.31. The van der Waals surface area contributed by atoms with E-state index in [2.05, 4.69) is 17.1 Å². The van der Waals surface area contributed by atoms with Gasteiger partial charge in [-0.1, -0.05) is 19.8 Å². The van der Waals surface area contributed by atoms with E-state index in [1.54, 1.807) is 0 Å². The van der Waals surface area contributed by atoms with Crippen LogP contribution in [-0.4, -0.2) is 50.3 Å². The van der Waals surface area contributed by atoms with E-state index in [4.69, 9.17) is 4.74 Å². The van der Waals surface area contributed by atoms with Crippen molar-refractivity contribution in [2.45, 2.75) is 38.7 Å². The standard InChI is InChI=1S/C13H26N2O/c1-12-4-2-3-5-13(12)16-11-10-15-8-6-14-7-9-15/h12-14H,2-11H2,1H3. The van der Waals surface area contributed by atoms with Gasteiger partial charge >= 0.3 is 0 Å². The van der Waals surface area contributed by atoms with Crippen molar-refractivity contribution in [1.82, 2.24) is 10.2 Å². The van der Waals surface area contributed by atoms with Crippen molar-refractivity contribution in [3.63, 3.8) is 0 Å². The van der Waals surface area contributed by atoms with Gasteiger partial charge in [0.05, 0.1) is 12.7 Å². The number of hydrogen-bond donors (Lipinski definition) is 1. The lowest BCUT2D eigenvalue weighted by molar-refractivity contribution is -0.0146. The van der Waals surface area contributed by atoms with Crippen LogP contribution >= 0.6 is 0 Å². The lowest BCUT2D eigenvalue weighted by Crippen LogP contribution is -2.45. The first-order valence-electron chi connectivity index (χ1n) is 6.91. The van der Waals surface area contributed by atoms with Crippen LogP contribution in [0.3, 0.4) is 0 Å². The second kappa shape index (κ2) is 6.58. The third-order valence-electron chi connectivity index (χ3n) is 3.98. The molecule has 2 rings (SSSR count). The topological polar surface area (TPSA) is 24.5 Å². The van der Waals surface area contributed by atoms with E-state index in [1.165, 1.54) is 38.8 Å². The molecule has 1 saturated heterocycles. The van der Waals surface area contributed by atoms with Gasteiger partial charge in [-0.15, -0.1) is 0 Å². The van der Waals surface area contributed by atoms with E-state index >= 15 is 0 Å². The molecule has 3 nitrogen and oxygen atoms in total. The Bertz CT molecular complexity index is 192. The summed E-state index contributed by atoms with van der Waals surface area (Å²) >= 11 is 0. The van der Waals surface area contributed by atoms with E-state index in [9.17, 15) is 0 Å². The van der Waals surface area contributed by atoms with Gasteiger partial charge in [0.25, 0.3) is 0 Å². The zero-order valence-corrected chi connectivity index (χ0v) is 10.6. The van der Waals surface area contributed by atoms with Crippen molar-refractivity contribution in [3.8, 4) is 0 Å². The number of nitrogens with zero attached hydrogens (tertiary/aromatic N) is 1. The van der Waals surface area contributed by atoms with Gasteiger partial charge in [0, 0.05) is 32.7 Å². The van der Waals surface area contributed by atoms with Crippen LogP contribution in [0.1, 0.15) is 32.6 Å². The van der Waals surface area contributed by atoms with E-state index in [-0.39, 0.29) is 0 Å². The first kappa shape index (κ1) is 12.3. The molecule has 16 heavy (non-hydrogen) atoms. The molecule has 2 fully saturated rings. The van der Waals surface area contributed by atoms with Gasteiger partial charge < -0.3 is 10.1 Å². The fourth-order valence-electron chi connectivity index (χ4n) is 2.80. The van der Waals surface area contributed by atoms with Crippen molar-refractivity contribution in [1.29, 1.82) is 0 Å². The molecule has 0 aromatic rings. The maximum absolute atomic E-state index is 6.04. The first-order chi connectivity index (χ1) is 7.86. The van der Waals surface area contributed by atoms with E-state index in [0.29, 0.717) is 6.10 Å². The Morgan fingerprint density at radius 1 is 1.19 bits per heavy atom. The van der Waals surface area contributed by atoms with Crippen molar-refractivity contribution in [3.05, 3.63) is 0 Å². The molecule has 1 N–H and O–H groups in total. The molecule has 0 aromatic carbocycles. The highest BCUT2D eigenvalue weighted by molar-refractivity contribution is 4.73. The van der Waals surface area contributed by atoms with Crippen LogP contribution in [0.15, 0.2) is 0 Å². The Labute approximate surface area is 99.5 Å². The molecule has 0 radical (unpaired) electrons. The van der Waals surface area contributed by atoms with E-state index in [1.807, 2.05) is 0 Å². The quantitative estimate of drug-likeness (QED) is 0.786. The Kier molecular flexibility index (Phi) is 5.07. The molecular formula is C13H26N2O. The number of nitrogens with one attached hydrogen (secondary N) is 1. The lowest BCUT2D eigenvalue weighted by atomic mass is 9.88. The molecule has 1 aliphatic carbocycles. The summed E-state index contributed by atoms with van der Waals surface area (Å²) in [4.78, 5) is 2.50. The van der Waals surface area contributed by atoms with Gasteiger partial charge in [-0.05, 0) is 18.8 Å². The Morgan fingerprint density at radius 3 is 2.69 bits per heavy atom. The zero-order valence-electron chi connectivity index (χ0n) is 10.6. The molecule has 1 saturated carbocycles. The van der Waals surface area contributed by atoms with E-state index in [0.717, 1.165) is 32.2 Å². The molecule has 94 valence electrons. The van der Waals surface area contributed by atoms with Gasteiger partial charge in [0.2, 0.25) is 0 Å². The van der Waals surface area contributed by atoms with Crippen LogP contribution < -0.4 is 5.32 Å². The first-order valence-corrected chi connectivity index (χ1v) is 6.91. The van der Waals surface area contributed by atoms with Crippen molar-refractivity contribution >= 4 is 0 Å². The smallest absolute Gasteiger partial charge is 0.0601 e. The van der Waals surface area contributed by atoms with Crippen LogP contribution in [-0.2, 0) is 4.74 Å². The summed E-state index contributed by atoms with van der Waals surface area (Å²) in [6, 6.07) is 0. The average Bonchev–Trinajstić information content (AvgIpc) is 2.33. The van der Waals surface area contributed by atoms with Gasteiger partial charge in [0.15, 0.2) is 0 Å². The highest BCUT2D eigenvalue weighted by Crippen LogP contribution is 2.26. The van der Waals surface area contributed by atoms with Crippen molar-refractivity contribution in [2.24, 2.45) is 5.92 Å². The normalized spacial score (nSPS) is 32.8. The minimum atomic E-state index is 0.539. The predicted molar refractivity (Wildman–Crippen MR) is 66.7 cm³/mol. The SMILES string of the molecule is CC1CCCCC1OCCN1CCNCC1. The van der Waals surface area contributed by atoms with Crippen molar-refractivity contribution < 1.29 is 4.74 Å². The summed E-state index contributed by atoms with van der Waals surface area (Å²) in [5.74, 6) is 0.775. The van der Waals surface area contributed by atoms with Crippen LogP contribution in [0, 0.1) is 5.92 Å². The molecule has 1 heterocycles. The Balaban J connectivity index is 1.59. The second-order valence-corrected chi connectivity index (χ2v) is 5.26. The molecule has 3 heteroatoms. The van der Waals surface area contributed by atoms with Gasteiger partial charge in [-0.3, -0.25) is 4.90 Å². The summed E-state index contributed by atoms with van der Waals surface area (Å²) in [5.41, 5.74) is 0. The molecular weight excluding hydrogens is 200 g/mol. The average molecular weight is 226 g/mol. The highest BCUT2D eigenvalue weighted by Gasteiger charge is 2.21. The van der Waals surface area contributed by atoms with Gasteiger partial charge in [-0.2, -0.15) is 0 Å². The fourth-order valence-corrected chi connectivity index (χ4v) is 2.80. The Morgan fingerprint density at radius 2 is 1.94 bits per heavy atom. The summed E-state index contributed by atoms with van der Waals surface area (Å²) < 4.78 is 6.04. The van der Waals surface area contributed by atoms with Crippen LogP contribution in [0.4, 0.5) is 0 Å². The molecule has 2 atom stereocenters. The minimum Gasteiger partial charge on any atom is -0.377 e. The highest BCUT2D eigenvalue weighted by atomic mass is 16.5. The van der Waals surface area contributed by atoms with Gasteiger partial charge in [-0.25, -0.2) is 0 Å².